The Balaban J connectivity index is 1.42. The van der Waals surface area contributed by atoms with E-state index in [1.165, 1.54) is 16.0 Å². The van der Waals surface area contributed by atoms with E-state index >= 15 is 0 Å². The third-order valence-corrected chi connectivity index (χ3v) is 5.84. The van der Waals surface area contributed by atoms with Crippen LogP contribution in [0, 0.1) is 13.8 Å². The van der Waals surface area contributed by atoms with Crippen LogP contribution in [0.2, 0.25) is 0 Å². The second-order valence-electron chi connectivity index (χ2n) is 6.58. The van der Waals surface area contributed by atoms with Crippen molar-refractivity contribution < 1.29 is 9.32 Å². The number of thiophene rings is 1. The number of aryl methyl sites for hydroxylation is 2. The average Bonchev–Trinajstić information content (AvgIpc) is 3.36. The van der Waals surface area contributed by atoms with Crippen LogP contribution in [0.5, 0.6) is 0 Å². The van der Waals surface area contributed by atoms with E-state index in [9.17, 15) is 4.79 Å². The minimum absolute atomic E-state index is 0.0173. The zero-order chi connectivity index (χ0) is 18.1. The van der Waals surface area contributed by atoms with E-state index in [-0.39, 0.29) is 5.91 Å². The summed E-state index contributed by atoms with van der Waals surface area (Å²) >= 11 is 1.67. The third-order valence-electron chi connectivity index (χ3n) is 4.83. The Hall–Kier alpha value is -2.45. The first-order valence-corrected chi connectivity index (χ1v) is 9.49. The number of carbonyl (C=O) groups excluding carboxylic acids is 1. The predicted molar refractivity (Wildman–Crippen MR) is 97.9 cm³/mol. The normalized spacial score (nSPS) is 14.4. The van der Waals surface area contributed by atoms with Gasteiger partial charge in [0, 0.05) is 41.7 Å². The minimum Gasteiger partial charge on any atom is -0.361 e. The Morgan fingerprint density at radius 2 is 2.35 bits per heavy atom. The van der Waals surface area contributed by atoms with Gasteiger partial charge in [0.15, 0.2) is 0 Å². The molecule has 0 radical (unpaired) electrons. The van der Waals surface area contributed by atoms with Gasteiger partial charge in [0.25, 0.3) is 5.91 Å². The molecule has 4 rings (SSSR count). The first-order chi connectivity index (χ1) is 12.6. The number of fused-ring (bicyclic) bond motifs is 1. The number of hydrogen-bond acceptors (Lipinski definition) is 6. The molecule has 1 aliphatic heterocycles. The van der Waals surface area contributed by atoms with E-state index in [1.54, 1.807) is 17.5 Å². The molecule has 0 fully saturated rings. The second kappa shape index (κ2) is 7.05. The Morgan fingerprint density at radius 3 is 3.08 bits per heavy atom. The number of carbonyl (C=O) groups is 1. The molecule has 0 saturated heterocycles. The summed E-state index contributed by atoms with van der Waals surface area (Å²) in [6.45, 7) is 7.01. The van der Waals surface area contributed by atoms with Crippen molar-refractivity contribution in [2.45, 2.75) is 39.9 Å². The van der Waals surface area contributed by atoms with Crippen LogP contribution >= 0.6 is 11.3 Å². The van der Waals surface area contributed by atoms with Crippen molar-refractivity contribution >= 4 is 17.2 Å². The number of rotatable bonds is 5. The third kappa shape index (κ3) is 3.30. The molecule has 1 amide bonds. The lowest BCUT2D eigenvalue weighted by atomic mass is 10.0. The van der Waals surface area contributed by atoms with E-state index < -0.39 is 0 Å². The molecule has 0 bridgehead atoms. The van der Waals surface area contributed by atoms with Crippen molar-refractivity contribution in [2.75, 3.05) is 6.54 Å². The molecular formula is C18H21N5O2S. The van der Waals surface area contributed by atoms with E-state index in [0.717, 1.165) is 48.8 Å². The molecule has 2 N–H and O–H groups in total. The van der Waals surface area contributed by atoms with Gasteiger partial charge in [-0.2, -0.15) is 5.10 Å². The van der Waals surface area contributed by atoms with Crippen LogP contribution < -0.4 is 5.32 Å². The average molecular weight is 371 g/mol. The van der Waals surface area contributed by atoms with Gasteiger partial charge in [-0.1, -0.05) is 5.16 Å². The number of aromatic amines is 1. The monoisotopic (exact) mass is 371 g/mol. The fraction of sp³-hybridized carbons (Fsp3) is 0.389. The van der Waals surface area contributed by atoms with E-state index in [0.29, 0.717) is 6.54 Å². The van der Waals surface area contributed by atoms with Crippen LogP contribution in [0.3, 0.4) is 0 Å². The van der Waals surface area contributed by atoms with Crippen LogP contribution in [-0.4, -0.2) is 32.7 Å². The van der Waals surface area contributed by atoms with Gasteiger partial charge >= 0.3 is 0 Å². The second-order valence-corrected chi connectivity index (χ2v) is 7.54. The van der Waals surface area contributed by atoms with Gasteiger partial charge in [-0.05, 0) is 31.9 Å². The van der Waals surface area contributed by atoms with Gasteiger partial charge in [0.05, 0.1) is 23.5 Å². The Morgan fingerprint density at radius 1 is 1.46 bits per heavy atom. The summed E-state index contributed by atoms with van der Waals surface area (Å²) in [6, 6.07) is 1.86. The molecule has 0 atom stereocenters. The van der Waals surface area contributed by atoms with E-state index in [2.05, 4.69) is 25.6 Å². The molecular weight excluding hydrogens is 350 g/mol. The molecule has 3 aromatic heterocycles. The van der Waals surface area contributed by atoms with Crippen molar-refractivity contribution in [1.82, 2.24) is 25.6 Å². The molecule has 1 aliphatic rings. The van der Waals surface area contributed by atoms with Gasteiger partial charge in [-0.25, -0.2) is 0 Å². The molecule has 136 valence electrons. The molecule has 26 heavy (non-hydrogen) atoms. The van der Waals surface area contributed by atoms with Crippen LogP contribution in [0.4, 0.5) is 0 Å². The van der Waals surface area contributed by atoms with Crippen molar-refractivity contribution in [3.05, 3.63) is 56.4 Å². The lowest BCUT2D eigenvalue weighted by molar-refractivity contribution is 0.0949. The van der Waals surface area contributed by atoms with Gasteiger partial charge in [-0.3, -0.25) is 14.8 Å². The van der Waals surface area contributed by atoms with Crippen molar-refractivity contribution in [3.63, 3.8) is 0 Å². The number of nitrogens with one attached hydrogen (secondary N) is 2. The fourth-order valence-corrected chi connectivity index (χ4v) is 4.43. The Kier molecular flexibility index (Phi) is 4.60. The largest absolute Gasteiger partial charge is 0.361 e. The zero-order valence-corrected chi connectivity index (χ0v) is 15.7. The lowest BCUT2D eigenvalue weighted by Gasteiger charge is -2.27. The molecule has 0 unspecified atom stereocenters. The van der Waals surface area contributed by atoms with E-state index in [4.69, 9.17) is 4.52 Å². The maximum atomic E-state index is 12.5. The first kappa shape index (κ1) is 17.0. The summed E-state index contributed by atoms with van der Waals surface area (Å²) in [7, 11) is 0. The van der Waals surface area contributed by atoms with Crippen LogP contribution in [0.25, 0.3) is 0 Å². The van der Waals surface area contributed by atoms with Gasteiger partial charge in [0.1, 0.15) is 5.76 Å². The first-order valence-electron chi connectivity index (χ1n) is 8.61. The van der Waals surface area contributed by atoms with E-state index in [1.807, 2.05) is 25.3 Å². The highest BCUT2D eigenvalue weighted by atomic mass is 32.1. The SMILES string of the molecule is Cc1noc(C)c1CN1CCc2c(C(=O)NCc3ccn[nH]3)csc2C1. The van der Waals surface area contributed by atoms with Crippen LogP contribution in [-0.2, 0) is 26.1 Å². The summed E-state index contributed by atoms with van der Waals surface area (Å²) < 4.78 is 5.27. The summed E-state index contributed by atoms with van der Waals surface area (Å²) in [5.74, 6) is 0.870. The van der Waals surface area contributed by atoms with Crippen molar-refractivity contribution in [3.8, 4) is 0 Å². The molecule has 0 aliphatic carbocycles. The highest BCUT2D eigenvalue weighted by Gasteiger charge is 2.25. The maximum Gasteiger partial charge on any atom is 0.252 e. The lowest BCUT2D eigenvalue weighted by Crippen LogP contribution is -2.31. The number of amides is 1. The fourth-order valence-electron chi connectivity index (χ4n) is 3.31. The van der Waals surface area contributed by atoms with Gasteiger partial charge < -0.3 is 9.84 Å². The number of hydrogen-bond donors (Lipinski definition) is 2. The maximum absolute atomic E-state index is 12.5. The molecule has 3 aromatic rings. The van der Waals surface area contributed by atoms with Gasteiger partial charge in [-0.15, -0.1) is 11.3 Å². The minimum atomic E-state index is -0.0173. The quantitative estimate of drug-likeness (QED) is 0.720. The molecule has 7 nitrogen and oxygen atoms in total. The van der Waals surface area contributed by atoms with Crippen molar-refractivity contribution in [2.24, 2.45) is 0 Å². The molecule has 0 aromatic carbocycles. The number of H-pyrrole nitrogens is 1. The number of nitrogens with zero attached hydrogens (tertiary/aromatic N) is 3. The summed E-state index contributed by atoms with van der Waals surface area (Å²) in [5, 5.41) is 15.7. The highest BCUT2D eigenvalue weighted by molar-refractivity contribution is 7.10. The molecule has 4 heterocycles. The zero-order valence-electron chi connectivity index (χ0n) is 14.8. The van der Waals surface area contributed by atoms with Crippen LogP contribution in [0.1, 0.15) is 43.5 Å². The van der Waals surface area contributed by atoms with Gasteiger partial charge in [0.2, 0.25) is 0 Å². The standard InChI is InChI=1S/C18H21N5O2S/c1-11-15(12(2)25-22-11)8-23-6-4-14-16(10-26-17(14)9-23)18(24)19-7-13-3-5-20-21-13/h3,5,10H,4,6-9H2,1-2H3,(H,19,24)(H,20,21). The van der Waals surface area contributed by atoms with Crippen molar-refractivity contribution in [1.29, 1.82) is 0 Å². The summed E-state index contributed by atoms with van der Waals surface area (Å²) in [6.07, 6.45) is 2.57. The molecule has 0 saturated carbocycles. The summed E-state index contributed by atoms with van der Waals surface area (Å²) in [4.78, 5) is 16.2. The molecule has 8 heteroatoms. The number of aromatic nitrogens is 3. The topological polar surface area (TPSA) is 87.1 Å². The Labute approximate surface area is 155 Å². The van der Waals surface area contributed by atoms with Crippen LogP contribution in [0.15, 0.2) is 22.2 Å². The highest BCUT2D eigenvalue weighted by Crippen LogP contribution is 2.30. The predicted octanol–water partition coefficient (Wildman–Crippen LogP) is 2.56. The summed E-state index contributed by atoms with van der Waals surface area (Å²) in [5.41, 5.74) is 5.02. The smallest absolute Gasteiger partial charge is 0.252 e. The molecule has 0 spiro atoms. The Bertz CT molecular complexity index is 893.